The Morgan fingerprint density at radius 2 is 1.88 bits per heavy atom. The zero-order valence-corrected chi connectivity index (χ0v) is 15.8. The molecule has 0 aliphatic carbocycles. The summed E-state index contributed by atoms with van der Waals surface area (Å²) in [5.41, 5.74) is 1.27. The van der Waals surface area contributed by atoms with E-state index in [4.69, 9.17) is 21.1 Å². The normalized spacial score (nSPS) is 11.2. The number of benzene rings is 1. The van der Waals surface area contributed by atoms with Crippen LogP contribution in [0.15, 0.2) is 30.5 Å². The van der Waals surface area contributed by atoms with Gasteiger partial charge in [0.05, 0.1) is 12.2 Å². The molecular weight excluding hydrogens is 344 g/mol. The summed E-state index contributed by atoms with van der Waals surface area (Å²) < 4.78 is 11.2. The van der Waals surface area contributed by atoms with Gasteiger partial charge in [-0.3, -0.25) is 4.79 Å². The lowest BCUT2D eigenvalue weighted by Gasteiger charge is -2.16. The van der Waals surface area contributed by atoms with Gasteiger partial charge in [-0.25, -0.2) is 4.98 Å². The minimum Gasteiger partial charge on any atom is -0.477 e. The summed E-state index contributed by atoms with van der Waals surface area (Å²) in [6.07, 6.45) is 2.11. The van der Waals surface area contributed by atoms with Gasteiger partial charge in [-0.05, 0) is 23.7 Å². The van der Waals surface area contributed by atoms with Crippen LogP contribution in [0.25, 0.3) is 0 Å². The Balaban J connectivity index is 2.01. The number of aromatic nitrogens is 2. The highest BCUT2D eigenvalue weighted by atomic mass is 35.5. The molecule has 5 nitrogen and oxygen atoms in total. The van der Waals surface area contributed by atoms with Gasteiger partial charge < -0.3 is 9.47 Å². The summed E-state index contributed by atoms with van der Waals surface area (Å²) in [4.78, 5) is 19.3. The molecule has 0 N–H and O–H groups in total. The number of halogens is 1. The Morgan fingerprint density at radius 3 is 2.50 bits per heavy atom. The molecule has 0 saturated carbocycles. The standard InChI is InChI=1S/C17H21ClN2O3Si/c1-24(2,3)9-8-22-16-14(11-21)10-19-17(20-16)23-12-13-4-6-15(18)7-5-13/h4-7,10-11H,8-9,12H2,1-3H3. The van der Waals surface area contributed by atoms with E-state index in [1.807, 2.05) is 12.1 Å². The van der Waals surface area contributed by atoms with Crippen LogP contribution in [-0.4, -0.2) is 30.9 Å². The molecule has 1 heterocycles. The third-order valence-corrected chi connectivity index (χ3v) is 5.21. The van der Waals surface area contributed by atoms with Crippen molar-refractivity contribution in [2.24, 2.45) is 0 Å². The third-order valence-electron chi connectivity index (χ3n) is 3.26. The van der Waals surface area contributed by atoms with E-state index in [2.05, 4.69) is 29.6 Å². The molecule has 0 aliphatic heterocycles. The monoisotopic (exact) mass is 364 g/mol. The first-order valence-corrected chi connectivity index (χ1v) is 11.8. The van der Waals surface area contributed by atoms with E-state index in [9.17, 15) is 4.79 Å². The molecule has 7 heteroatoms. The van der Waals surface area contributed by atoms with Crippen LogP contribution in [-0.2, 0) is 6.61 Å². The van der Waals surface area contributed by atoms with Crippen LogP contribution in [0, 0.1) is 0 Å². The molecule has 0 fully saturated rings. The predicted octanol–water partition coefficient (Wildman–Crippen LogP) is 4.24. The first-order chi connectivity index (χ1) is 11.4. The molecule has 0 atom stereocenters. The van der Waals surface area contributed by atoms with Gasteiger partial charge in [-0.1, -0.05) is 43.4 Å². The van der Waals surface area contributed by atoms with Gasteiger partial charge in [0.25, 0.3) is 0 Å². The van der Waals surface area contributed by atoms with Crippen molar-refractivity contribution >= 4 is 26.0 Å². The summed E-state index contributed by atoms with van der Waals surface area (Å²) >= 11 is 5.85. The Hall–Kier alpha value is -1.92. The van der Waals surface area contributed by atoms with Gasteiger partial charge in [0.2, 0.25) is 5.88 Å². The van der Waals surface area contributed by atoms with E-state index >= 15 is 0 Å². The highest BCUT2D eigenvalue weighted by Crippen LogP contribution is 2.19. The largest absolute Gasteiger partial charge is 0.477 e. The maximum Gasteiger partial charge on any atom is 0.320 e. The molecule has 1 aromatic heterocycles. The van der Waals surface area contributed by atoms with Crippen LogP contribution in [0.2, 0.25) is 30.7 Å². The number of rotatable bonds is 8. The SMILES string of the molecule is C[Si](C)(C)CCOc1nc(OCc2ccc(Cl)cc2)ncc1C=O. The Morgan fingerprint density at radius 1 is 1.17 bits per heavy atom. The average molecular weight is 365 g/mol. The van der Waals surface area contributed by atoms with Gasteiger partial charge >= 0.3 is 6.01 Å². The van der Waals surface area contributed by atoms with Crippen LogP contribution in [0.4, 0.5) is 0 Å². The second-order valence-electron chi connectivity index (χ2n) is 6.61. The number of carbonyl (C=O) groups is 1. The quantitative estimate of drug-likeness (QED) is 0.518. The smallest absolute Gasteiger partial charge is 0.320 e. The molecule has 128 valence electrons. The zero-order chi connectivity index (χ0) is 17.6. The number of nitrogens with zero attached hydrogens (tertiary/aromatic N) is 2. The maximum atomic E-state index is 11.1. The Kier molecular flexibility index (Phi) is 6.34. The van der Waals surface area contributed by atoms with Crippen LogP contribution in [0.5, 0.6) is 11.9 Å². The topological polar surface area (TPSA) is 61.3 Å². The fourth-order valence-corrected chi connectivity index (χ4v) is 2.65. The number of hydrogen-bond donors (Lipinski definition) is 0. The molecule has 0 spiro atoms. The molecule has 0 saturated heterocycles. The highest BCUT2D eigenvalue weighted by Gasteiger charge is 2.15. The van der Waals surface area contributed by atoms with Crippen LogP contribution in [0.3, 0.4) is 0 Å². The van der Waals surface area contributed by atoms with Crippen molar-refractivity contribution in [3.05, 3.63) is 46.6 Å². The number of carbonyl (C=O) groups excluding carboxylic acids is 1. The zero-order valence-electron chi connectivity index (χ0n) is 14.1. The van der Waals surface area contributed by atoms with Crippen molar-refractivity contribution in [1.29, 1.82) is 0 Å². The molecule has 2 rings (SSSR count). The van der Waals surface area contributed by atoms with Crippen LogP contribution in [0.1, 0.15) is 15.9 Å². The van der Waals surface area contributed by atoms with Crippen molar-refractivity contribution in [2.75, 3.05) is 6.61 Å². The minimum atomic E-state index is -1.21. The average Bonchev–Trinajstić information content (AvgIpc) is 2.53. The summed E-state index contributed by atoms with van der Waals surface area (Å²) in [5.74, 6) is 0.268. The molecule has 0 bridgehead atoms. The molecule has 24 heavy (non-hydrogen) atoms. The van der Waals surface area contributed by atoms with Crippen molar-refractivity contribution in [3.63, 3.8) is 0 Å². The van der Waals surface area contributed by atoms with E-state index in [0.717, 1.165) is 11.6 Å². The lowest BCUT2D eigenvalue weighted by atomic mass is 10.2. The van der Waals surface area contributed by atoms with E-state index in [-0.39, 0.29) is 11.9 Å². The van der Waals surface area contributed by atoms with E-state index in [0.29, 0.717) is 30.1 Å². The number of aldehydes is 1. The lowest BCUT2D eigenvalue weighted by molar-refractivity contribution is 0.111. The minimum absolute atomic E-state index is 0.179. The fourth-order valence-electron chi connectivity index (χ4n) is 1.81. The number of hydrogen-bond acceptors (Lipinski definition) is 5. The molecule has 0 aliphatic rings. The molecule has 2 aromatic rings. The summed E-state index contributed by atoms with van der Waals surface area (Å²) in [6.45, 7) is 7.63. The Bertz CT molecular complexity index is 687. The van der Waals surface area contributed by atoms with Gasteiger partial charge in [0, 0.05) is 19.3 Å². The van der Waals surface area contributed by atoms with Crippen molar-refractivity contribution < 1.29 is 14.3 Å². The second-order valence-corrected chi connectivity index (χ2v) is 12.7. The van der Waals surface area contributed by atoms with Crippen molar-refractivity contribution in [2.45, 2.75) is 32.3 Å². The molecule has 0 radical (unpaired) electrons. The summed E-state index contributed by atoms with van der Waals surface area (Å²) in [7, 11) is -1.21. The van der Waals surface area contributed by atoms with Crippen LogP contribution >= 0.6 is 11.6 Å². The molecule has 0 amide bonds. The molecular formula is C17H21ClN2O3Si. The van der Waals surface area contributed by atoms with E-state index < -0.39 is 8.07 Å². The van der Waals surface area contributed by atoms with Gasteiger partial charge in [0.15, 0.2) is 6.29 Å². The van der Waals surface area contributed by atoms with Gasteiger partial charge in [0.1, 0.15) is 6.61 Å². The molecule has 1 aromatic carbocycles. The van der Waals surface area contributed by atoms with Crippen LogP contribution < -0.4 is 9.47 Å². The third kappa shape index (κ3) is 5.94. The van der Waals surface area contributed by atoms with Gasteiger partial charge in [-0.2, -0.15) is 4.98 Å². The first kappa shape index (κ1) is 18.4. The van der Waals surface area contributed by atoms with Crippen molar-refractivity contribution in [3.8, 4) is 11.9 Å². The van der Waals surface area contributed by atoms with Gasteiger partial charge in [-0.15, -0.1) is 0 Å². The Labute approximate surface area is 148 Å². The van der Waals surface area contributed by atoms with E-state index in [1.165, 1.54) is 6.20 Å². The van der Waals surface area contributed by atoms with Crippen molar-refractivity contribution in [1.82, 2.24) is 9.97 Å². The fraction of sp³-hybridized carbons (Fsp3) is 0.353. The lowest BCUT2D eigenvalue weighted by Crippen LogP contribution is -2.22. The summed E-state index contributed by atoms with van der Waals surface area (Å²) in [6, 6.07) is 8.49. The summed E-state index contributed by atoms with van der Waals surface area (Å²) in [5, 5.41) is 0.670. The van der Waals surface area contributed by atoms with E-state index in [1.54, 1.807) is 12.1 Å². The predicted molar refractivity (Wildman–Crippen MR) is 96.9 cm³/mol. The second kappa shape index (κ2) is 8.26. The molecule has 0 unspecified atom stereocenters. The first-order valence-electron chi connectivity index (χ1n) is 7.70. The number of ether oxygens (including phenoxy) is 2. The maximum absolute atomic E-state index is 11.1. The highest BCUT2D eigenvalue weighted by molar-refractivity contribution is 6.76.